The maximum absolute atomic E-state index is 13.9. The quantitative estimate of drug-likeness (QED) is 0.786. The molecule has 0 radical (unpaired) electrons. The number of benzene rings is 1. The molecule has 124 valence electrons. The second kappa shape index (κ2) is 5.70. The number of para-hydroxylation sites is 1. The molecule has 1 saturated heterocycles. The number of nitrogens with one attached hydrogen (secondary N) is 1. The average molecular weight is 326 g/mol. The molecule has 0 spiro atoms. The maximum atomic E-state index is 13.9. The molecule has 1 fully saturated rings. The lowest BCUT2D eigenvalue weighted by Gasteiger charge is -2.37. The largest absolute Gasteiger partial charge is 0.366 e. The smallest absolute Gasteiger partial charge is 0.258 e. The molecule has 1 N–H and O–H groups in total. The number of piperazine rings is 1. The zero-order chi connectivity index (χ0) is 16.7. The van der Waals surface area contributed by atoms with E-state index in [1.54, 1.807) is 6.07 Å². The number of H-pyrrole nitrogens is 1. The molecule has 4 rings (SSSR count). The van der Waals surface area contributed by atoms with Gasteiger partial charge in [0.05, 0.1) is 16.6 Å². The zero-order valence-electron chi connectivity index (χ0n) is 13.5. The SMILES string of the molecule is Cn1ccc2c(=O)[nH]c(N3CCN(c4ccccc4F)CC3)cc21. The third-order valence-corrected chi connectivity index (χ3v) is 4.69. The van der Waals surface area contributed by atoms with Crippen molar-refractivity contribution in [3.05, 3.63) is 58.8 Å². The van der Waals surface area contributed by atoms with Gasteiger partial charge in [-0.15, -0.1) is 0 Å². The Bertz CT molecular complexity index is 938. The van der Waals surface area contributed by atoms with Crippen molar-refractivity contribution in [2.75, 3.05) is 36.0 Å². The molecule has 5 nitrogen and oxygen atoms in total. The van der Waals surface area contributed by atoms with E-state index in [1.807, 2.05) is 47.0 Å². The van der Waals surface area contributed by atoms with Crippen molar-refractivity contribution in [1.29, 1.82) is 0 Å². The first-order valence-electron chi connectivity index (χ1n) is 8.06. The Morgan fingerprint density at radius 2 is 1.75 bits per heavy atom. The van der Waals surface area contributed by atoms with Crippen molar-refractivity contribution in [1.82, 2.24) is 9.55 Å². The highest BCUT2D eigenvalue weighted by Gasteiger charge is 2.20. The second-order valence-electron chi connectivity index (χ2n) is 6.13. The lowest BCUT2D eigenvalue weighted by Crippen LogP contribution is -2.47. The summed E-state index contributed by atoms with van der Waals surface area (Å²) in [4.78, 5) is 19.4. The number of aromatic nitrogens is 2. The molecular weight excluding hydrogens is 307 g/mol. The van der Waals surface area contributed by atoms with E-state index in [0.717, 1.165) is 24.4 Å². The number of aromatic amines is 1. The van der Waals surface area contributed by atoms with Gasteiger partial charge in [0, 0.05) is 45.5 Å². The molecule has 0 atom stereocenters. The molecule has 3 heterocycles. The summed E-state index contributed by atoms with van der Waals surface area (Å²) in [5.41, 5.74) is 1.49. The lowest BCUT2D eigenvalue weighted by molar-refractivity contribution is 0.596. The van der Waals surface area contributed by atoms with E-state index in [4.69, 9.17) is 0 Å². The van der Waals surface area contributed by atoms with Gasteiger partial charge in [0.25, 0.3) is 5.56 Å². The Hall–Kier alpha value is -2.76. The highest BCUT2D eigenvalue weighted by atomic mass is 19.1. The van der Waals surface area contributed by atoms with Crippen LogP contribution in [0.3, 0.4) is 0 Å². The molecule has 1 aromatic carbocycles. The van der Waals surface area contributed by atoms with Gasteiger partial charge in [-0.25, -0.2) is 4.39 Å². The molecule has 3 aromatic rings. The predicted molar refractivity (Wildman–Crippen MR) is 94.4 cm³/mol. The molecule has 1 aliphatic rings. The van der Waals surface area contributed by atoms with Gasteiger partial charge in [-0.2, -0.15) is 0 Å². The van der Waals surface area contributed by atoms with Crippen LogP contribution in [-0.4, -0.2) is 35.7 Å². The fourth-order valence-electron chi connectivity index (χ4n) is 3.33. The predicted octanol–water partition coefficient (Wildman–Crippen LogP) is 2.33. The summed E-state index contributed by atoms with van der Waals surface area (Å²) in [7, 11) is 1.93. The van der Waals surface area contributed by atoms with Crippen LogP contribution in [0.4, 0.5) is 15.9 Å². The van der Waals surface area contributed by atoms with Crippen molar-refractivity contribution in [2.24, 2.45) is 7.05 Å². The Balaban J connectivity index is 1.57. The molecule has 0 bridgehead atoms. The van der Waals surface area contributed by atoms with Crippen LogP contribution < -0.4 is 15.4 Å². The van der Waals surface area contributed by atoms with E-state index in [-0.39, 0.29) is 11.4 Å². The first-order chi connectivity index (χ1) is 11.6. The van der Waals surface area contributed by atoms with Crippen LogP contribution in [-0.2, 0) is 7.05 Å². The van der Waals surface area contributed by atoms with E-state index >= 15 is 0 Å². The van der Waals surface area contributed by atoms with Gasteiger partial charge in [-0.1, -0.05) is 12.1 Å². The highest BCUT2D eigenvalue weighted by Crippen LogP contribution is 2.23. The number of rotatable bonds is 2. The third-order valence-electron chi connectivity index (χ3n) is 4.69. The average Bonchev–Trinajstić information content (AvgIpc) is 2.97. The molecule has 0 unspecified atom stereocenters. The minimum atomic E-state index is -0.190. The van der Waals surface area contributed by atoms with Crippen LogP contribution in [0.15, 0.2) is 47.4 Å². The van der Waals surface area contributed by atoms with Crippen LogP contribution in [0.25, 0.3) is 10.9 Å². The third kappa shape index (κ3) is 2.44. The van der Waals surface area contributed by atoms with Gasteiger partial charge < -0.3 is 19.4 Å². The molecule has 1 aliphatic heterocycles. The van der Waals surface area contributed by atoms with E-state index in [2.05, 4.69) is 9.88 Å². The van der Waals surface area contributed by atoms with E-state index < -0.39 is 0 Å². The summed E-state index contributed by atoms with van der Waals surface area (Å²) in [6.07, 6.45) is 1.89. The number of halogens is 1. The van der Waals surface area contributed by atoms with Gasteiger partial charge in [0.1, 0.15) is 11.6 Å². The van der Waals surface area contributed by atoms with Crippen LogP contribution in [0.1, 0.15) is 0 Å². The van der Waals surface area contributed by atoms with Gasteiger partial charge in [-0.3, -0.25) is 4.79 Å². The zero-order valence-corrected chi connectivity index (χ0v) is 13.5. The van der Waals surface area contributed by atoms with Gasteiger partial charge in [-0.05, 0) is 18.2 Å². The molecule has 24 heavy (non-hydrogen) atoms. The van der Waals surface area contributed by atoms with E-state index in [0.29, 0.717) is 24.2 Å². The molecular formula is C18H19FN4O. The number of hydrogen-bond donors (Lipinski definition) is 1. The Morgan fingerprint density at radius 1 is 1.04 bits per heavy atom. The number of hydrogen-bond acceptors (Lipinski definition) is 3. The highest BCUT2D eigenvalue weighted by molar-refractivity contribution is 5.81. The first kappa shape index (κ1) is 14.8. The molecule has 2 aromatic heterocycles. The monoisotopic (exact) mass is 326 g/mol. The van der Waals surface area contributed by atoms with Crippen molar-refractivity contribution < 1.29 is 4.39 Å². The van der Waals surface area contributed by atoms with Gasteiger partial charge >= 0.3 is 0 Å². The van der Waals surface area contributed by atoms with Crippen LogP contribution in [0.2, 0.25) is 0 Å². The minimum absolute atomic E-state index is 0.0698. The van der Waals surface area contributed by atoms with E-state index in [1.165, 1.54) is 6.07 Å². The number of fused-ring (bicyclic) bond motifs is 1. The molecule has 6 heteroatoms. The Morgan fingerprint density at radius 3 is 2.50 bits per heavy atom. The summed E-state index contributed by atoms with van der Waals surface area (Å²) in [5, 5.41) is 0.700. The molecule has 0 aliphatic carbocycles. The number of anilines is 2. The first-order valence-corrected chi connectivity index (χ1v) is 8.06. The fourth-order valence-corrected chi connectivity index (χ4v) is 3.33. The van der Waals surface area contributed by atoms with Crippen molar-refractivity contribution in [2.45, 2.75) is 0 Å². The summed E-state index contributed by atoms with van der Waals surface area (Å²) in [6, 6.07) is 10.7. The molecule has 0 saturated carbocycles. The number of pyridine rings is 1. The number of nitrogens with zero attached hydrogens (tertiary/aromatic N) is 3. The van der Waals surface area contributed by atoms with Crippen LogP contribution >= 0.6 is 0 Å². The van der Waals surface area contributed by atoms with E-state index in [9.17, 15) is 9.18 Å². The van der Waals surface area contributed by atoms with Crippen LogP contribution in [0.5, 0.6) is 0 Å². The fraction of sp³-hybridized carbons (Fsp3) is 0.278. The minimum Gasteiger partial charge on any atom is -0.366 e. The topological polar surface area (TPSA) is 44.3 Å². The Labute approximate surface area is 138 Å². The van der Waals surface area contributed by atoms with Gasteiger partial charge in [0.2, 0.25) is 0 Å². The molecule has 0 amide bonds. The Kier molecular flexibility index (Phi) is 3.52. The number of aryl methyl sites for hydroxylation is 1. The van der Waals surface area contributed by atoms with Crippen molar-refractivity contribution in [3.8, 4) is 0 Å². The summed E-state index contributed by atoms with van der Waals surface area (Å²) in [6.45, 7) is 2.91. The lowest BCUT2D eigenvalue weighted by atomic mass is 10.2. The van der Waals surface area contributed by atoms with Crippen molar-refractivity contribution in [3.63, 3.8) is 0 Å². The van der Waals surface area contributed by atoms with Crippen molar-refractivity contribution >= 4 is 22.4 Å². The van der Waals surface area contributed by atoms with Crippen LogP contribution in [0, 0.1) is 5.82 Å². The second-order valence-corrected chi connectivity index (χ2v) is 6.13. The summed E-state index contributed by atoms with van der Waals surface area (Å²) in [5.74, 6) is 0.632. The summed E-state index contributed by atoms with van der Waals surface area (Å²) >= 11 is 0. The maximum Gasteiger partial charge on any atom is 0.258 e. The standard InChI is InChI=1S/C18H19FN4O/c1-21-7-6-13-16(21)12-17(20-18(13)24)23-10-8-22(9-11-23)15-5-3-2-4-14(15)19/h2-7,12H,8-11H2,1H3,(H,20,24). The van der Waals surface area contributed by atoms with Gasteiger partial charge in [0.15, 0.2) is 0 Å². The normalized spacial score (nSPS) is 15.2. The summed E-state index contributed by atoms with van der Waals surface area (Å²) < 4.78 is 15.9.